The van der Waals surface area contributed by atoms with Gasteiger partial charge >= 0.3 is 0 Å². The quantitative estimate of drug-likeness (QED) is 0.0800. The Balaban J connectivity index is 0.000000190. The van der Waals surface area contributed by atoms with Gasteiger partial charge in [-0.25, -0.2) is 9.97 Å². The van der Waals surface area contributed by atoms with Crippen LogP contribution in [-0.2, 0) is 32.0 Å². The van der Waals surface area contributed by atoms with Gasteiger partial charge in [0.05, 0.1) is 83.5 Å². The van der Waals surface area contributed by atoms with Crippen LogP contribution in [-0.4, -0.2) is 166 Å². The van der Waals surface area contributed by atoms with Crippen molar-refractivity contribution in [1.29, 1.82) is 0 Å². The molecule has 5 aromatic carbocycles. The molecule has 0 unspecified atom stereocenters. The van der Waals surface area contributed by atoms with E-state index in [1.165, 1.54) is 12.8 Å². The van der Waals surface area contributed by atoms with Gasteiger partial charge in [0.2, 0.25) is 23.6 Å². The van der Waals surface area contributed by atoms with Crippen LogP contribution in [0.15, 0.2) is 109 Å². The number of hydrogen-bond acceptors (Lipinski definition) is 14. The Hall–Kier alpha value is -7.64. The zero-order valence-corrected chi connectivity index (χ0v) is 57.0. The second-order valence-electron chi connectivity index (χ2n) is 26.7. The molecule has 93 heavy (non-hydrogen) atoms. The van der Waals surface area contributed by atoms with E-state index in [1.807, 2.05) is 136 Å². The Kier molecular flexibility index (Phi) is 21.1. The molecule has 2 atom stereocenters. The van der Waals surface area contributed by atoms with Gasteiger partial charge in [-0.05, 0) is 197 Å². The average molecular weight is 1310 g/mol. The third-order valence-corrected chi connectivity index (χ3v) is 20.0. The highest BCUT2D eigenvalue weighted by atomic mass is 35.5. The van der Waals surface area contributed by atoms with E-state index in [0.29, 0.717) is 75.9 Å². The Morgan fingerprint density at radius 1 is 0.527 bits per heavy atom. The predicted molar refractivity (Wildman–Crippen MR) is 367 cm³/mol. The number of fused-ring (bicyclic) bond motifs is 2. The summed E-state index contributed by atoms with van der Waals surface area (Å²) in [7, 11) is 11.2. The molecule has 12 rings (SSSR count). The van der Waals surface area contributed by atoms with Crippen molar-refractivity contribution < 1.29 is 38.1 Å². The van der Waals surface area contributed by atoms with Crippen LogP contribution in [0.3, 0.4) is 0 Å². The number of methoxy groups -OCH3 is 2. The molecule has 6 aliphatic rings. The number of anilines is 4. The number of amides is 4. The number of ether oxygens (including phenoxy) is 4. The van der Waals surface area contributed by atoms with Gasteiger partial charge in [-0.2, -0.15) is 0 Å². The molecule has 2 saturated carbocycles. The first-order valence-corrected chi connectivity index (χ1v) is 33.7. The van der Waals surface area contributed by atoms with Gasteiger partial charge in [0.1, 0.15) is 5.82 Å². The first-order valence-electron chi connectivity index (χ1n) is 32.9. The number of hydrogen-bond donors (Lipinski definition) is 0. The van der Waals surface area contributed by atoms with Crippen molar-refractivity contribution in [1.82, 2.24) is 29.6 Å². The molecule has 0 radical (unpaired) electrons. The fourth-order valence-corrected chi connectivity index (χ4v) is 14.8. The molecule has 18 nitrogen and oxygen atoms in total. The molecule has 1 aromatic heterocycles. The third-order valence-electron chi connectivity index (χ3n) is 19.5. The second kappa shape index (κ2) is 29.3. The maximum atomic E-state index is 13.9. The molecule has 2 saturated heterocycles. The molecule has 6 aromatic rings. The lowest BCUT2D eigenvalue weighted by atomic mass is 9.84. The van der Waals surface area contributed by atoms with Gasteiger partial charge in [-0.15, -0.1) is 0 Å². The van der Waals surface area contributed by atoms with E-state index < -0.39 is 6.04 Å². The predicted octanol–water partition coefficient (Wildman–Crippen LogP) is 11.9. The largest absolute Gasteiger partial charge is 0.493 e. The van der Waals surface area contributed by atoms with Crippen molar-refractivity contribution in [3.63, 3.8) is 0 Å². The van der Waals surface area contributed by atoms with Crippen molar-refractivity contribution in [2.45, 2.75) is 128 Å². The number of likely N-dealkylation sites (N-methyl/N-ethyl adjacent to an activating group) is 2. The molecule has 4 fully saturated rings. The number of carbonyl (C=O) groups excluding carboxylic acids is 4. The second-order valence-corrected chi connectivity index (χ2v) is 27.5. The fraction of sp³-hybridized carbons (Fsp3) is 0.479. The SMILES string of the molecule is COc1cc2c(cc1OC(C)C)[C@H](c1ccc(Cl)cc1)N(c1ccc(N(C)CC3CCC(N4CCN(C)C(=O)C4)CC3)cc1)C(=O)C2.COc1cc2c(cc1OC(C)C)[C@H](c1ccc(Cl)cc1)N(c1cnc(N(C)CC3CCC(N4CC(=O)N(C)C4)CC3)cn1)C(=O)C2. The van der Waals surface area contributed by atoms with E-state index >= 15 is 0 Å². The summed E-state index contributed by atoms with van der Waals surface area (Å²) in [6.45, 7) is 13.4. The Morgan fingerprint density at radius 2 is 1.00 bits per heavy atom. The van der Waals surface area contributed by atoms with Crippen LogP contribution in [0.1, 0.15) is 125 Å². The van der Waals surface area contributed by atoms with Gasteiger partial charge in [-0.1, -0.05) is 47.5 Å². The number of benzene rings is 5. The highest BCUT2D eigenvalue weighted by molar-refractivity contribution is 6.30. The maximum Gasteiger partial charge on any atom is 0.237 e. The molecule has 4 amide bonds. The van der Waals surface area contributed by atoms with Gasteiger partial charge in [0, 0.05) is 87.9 Å². The number of rotatable bonds is 18. The van der Waals surface area contributed by atoms with E-state index in [2.05, 4.69) is 50.9 Å². The lowest BCUT2D eigenvalue weighted by Gasteiger charge is -2.41. The summed E-state index contributed by atoms with van der Waals surface area (Å²) in [6, 6.07) is 31.7. The van der Waals surface area contributed by atoms with E-state index in [4.69, 9.17) is 52.1 Å². The van der Waals surface area contributed by atoms with Crippen molar-refractivity contribution >= 4 is 69.8 Å². The Morgan fingerprint density at radius 3 is 1.46 bits per heavy atom. The molecule has 0 N–H and O–H groups in total. The number of aromatic nitrogens is 2. The van der Waals surface area contributed by atoms with Crippen molar-refractivity contribution in [3.05, 3.63) is 153 Å². The molecule has 2 aliphatic carbocycles. The molecule has 494 valence electrons. The minimum atomic E-state index is -0.451. The molecule has 5 heterocycles. The lowest BCUT2D eigenvalue weighted by Crippen LogP contribution is -2.53. The van der Waals surface area contributed by atoms with E-state index in [9.17, 15) is 19.2 Å². The smallest absolute Gasteiger partial charge is 0.237 e. The number of piperazine rings is 1. The normalized spacial score (nSPS) is 22.0. The van der Waals surface area contributed by atoms with Crippen LogP contribution in [0, 0.1) is 11.8 Å². The average Bonchev–Trinajstić information content (AvgIpc) is 1.21. The summed E-state index contributed by atoms with van der Waals surface area (Å²) in [5, 5.41) is 1.27. The van der Waals surface area contributed by atoms with Crippen molar-refractivity contribution in [3.8, 4) is 23.0 Å². The van der Waals surface area contributed by atoms with Gasteiger partial charge < -0.3 is 43.4 Å². The van der Waals surface area contributed by atoms with E-state index in [0.717, 1.165) is 122 Å². The standard InChI is InChI=1S/C38H47ClN4O4.C35H43ClN6O4/c1-25(2)47-35-22-33-28(20-34(35)46-5)21-36(44)43(38(33)27-8-10-29(39)11-9-27)32-16-14-30(15-17-32)41(4)23-26-6-12-31(13-7-26)42-19-18-40(3)37(45)24-42;1-22(2)46-30-16-28-25(14-29(30)45-5)15-33(43)42(35(28)24-8-10-26(36)11-9-24)32-18-37-31(17-38-32)39(3)19-23-6-12-27(13-7-23)41-20-34(44)40(4)21-41/h8-11,14-17,20,22,25-26,31,38H,6-7,12-13,18-19,21,23-24H2,1-5H3;8-11,14,16-18,22-23,27,35H,6-7,12-13,15,19-21H2,1-5H3/t26?,31?,38-;23?,27?,35-/m00/s1. The summed E-state index contributed by atoms with van der Waals surface area (Å²) in [5.41, 5.74) is 7.64. The first kappa shape index (κ1) is 66.8. The minimum Gasteiger partial charge on any atom is -0.493 e. The maximum absolute atomic E-state index is 13.9. The fourth-order valence-electron chi connectivity index (χ4n) is 14.5. The van der Waals surface area contributed by atoms with E-state index in [-0.39, 0.29) is 54.7 Å². The Labute approximate surface area is 558 Å². The summed E-state index contributed by atoms with van der Waals surface area (Å²) in [5.74, 6) is 5.34. The molecule has 0 spiro atoms. The zero-order valence-electron chi connectivity index (χ0n) is 55.5. The minimum absolute atomic E-state index is 0.0249. The summed E-state index contributed by atoms with van der Waals surface area (Å²) >= 11 is 12.5. The highest BCUT2D eigenvalue weighted by Gasteiger charge is 2.40. The third kappa shape index (κ3) is 15.3. The molecule has 0 bridgehead atoms. The molecule has 4 aliphatic heterocycles. The van der Waals surface area contributed by atoms with Crippen LogP contribution in [0.4, 0.5) is 23.0 Å². The summed E-state index contributed by atoms with van der Waals surface area (Å²) < 4.78 is 23.6. The number of halogens is 2. The Bertz CT molecular complexity index is 3600. The van der Waals surface area contributed by atoms with Crippen LogP contribution >= 0.6 is 23.2 Å². The van der Waals surface area contributed by atoms with Crippen molar-refractivity contribution in [2.75, 3.05) is 108 Å². The highest BCUT2D eigenvalue weighted by Crippen LogP contribution is 2.46. The first-order chi connectivity index (χ1) is 44.7. The van der Waals surface area contributed by atoms with Crippen molar-refractivity contribution in [2.24, 2.45) is 11.8 Å². The summed E-state index contributed by atoms with van der Waals surface area (Å²) in [6.07, 6.45) is 12.9. The zero-order chi connectivity index (χ0) is 65.8. The topological polar surface area (TPSA) is 157 Å². The monoisotopic (exact) mass is 1300 g/mol. The van der Waals surface area contributed by atoms with Crippen LogP contribution in [0.25, 0.3) is 0 Å². The molecule has 20 heteroatoms. The van der Waals surface area contributed by atoms with Crippen LogP contribution in [0.5, 0.6) is 23.0 Å². The number of carbonyl (C=O) groups is 4. The molecular formula is C73H90Cl2N10O8. The van der Waals surface area contributed by atoms with Crippen LogP contribution < -0.4 is 38.5 Å². The van der Waals surface area contributed by atoms with E-state index in [1.54, 1.807) is 31.5 Å². The van der Waals surface area contributed by atoms with Gasteiger partial charge in [0.15, 0.2) is 28.8 Å². The van der Waals surface area contributed by atoms with Gasteiger partial charge in [-0.3, -0.25) is 33.9 Å². The lowest BCUT2D eigenvalue weighted by molar-refractivity contribution is -0.135. The summed E-state index contributed by atoms with van der Waals surface area (Å²) in [4.78, 5) is 78.0. The number of nitrogens with zero attached hydrogens (tertiary/aromatic N) is 10. The van der Waals surface area contributed by atoms with Gasteiger partial charge in [0.25, 0.3) is 0 Å². The molecular weight excluding hydrogens is 1220 g/mol. The van der Waals surface area contributed by atoms with Crippen LogP contribution in [0.2, 0.25) is 10.0 Å².